The van der Waals surface area contributed by atoms with Gasteiger partial charge >= 0.3 is 0 Å². The Balaban J connectivity index is 1.72. The number of nitrogens with zero attached hydrogens (tertiary/aromatic N) is 1. The van der Waals surface area contributed by atoms with E-state index in [0.717, 1.165) is 17.7 Å². The molecule has 1 aromatic carbocycles. The van der Waals surface area contributed by atoms with Crippen LogP contribution in [0.4, 0.5) is 0 Å². The van der Waals surface area contributed by atoms with Crippen LogP contribution in [0.1, 0.15) is 18.4 Å². The van der Waals surface area contributed by atoms with E-state index in [1.807, 2.05) is 24.3 Å². The lowest BCUT2D eigenvalue weighted by atomic mass is 10.2. The van der Waals surface area contributed by atoms with Gasteiger partial charge in [0.2, 0.25) is 10.0 Å². The van der Waals surface area contributed by atoms with Crippen molar-refractivity contribution in [3.8, 4) is 5.75 Å². The van der Waals surface area contributed by atoms with Crippen molar-refractivity contribution in [1.82, 2.24) is 4.31 Å². The second-order valence-electron chi connectivity index (χ2n) is 4.62. The van der Waals surface area contributed by atoms with Gasteiger partial charge in [-0.1, -0.05) is 12.1 Å². The standard InChI is InChI=1S/C13H20N2O3S/c14-11-12-3-5-13(6-4-12)18-9-1-7-15-8-2-10-19(15,16)17/h3-6H,1-2,7-11,14H2. The lowest BCUT2D eigenvalue weighted by molar-refractivity contribution is 0.292. The molecule has 0 radical (unpaired) electrons. The summed E-state index contributed by atoms with van der Waals surface area (Å²) in [5.74, 6) is 1.08. The number of ether oxygens (including phenoxy) is 1. The van der Waals surface area contributed by atoms with E-state index in [4.69, 9.17) is 10.5 Å². The molecule has 5 nitrogen and oxygen atoms in total. The fourth-order valence-electron chi connectivity index (χ4n) is 2.10. The molecular weight excluding hydrogens is 264 g/mol. The molecule has 0 unspecified atom stereocenters. The molecule has 106 valence electrons. The van der Waals surface area contributed by atoms with Crippen LogP contribution in [0.3, 0.4) is 0 Å². The summed E-state index contributed by atoms with van der Waals surface area (Å²) in [5.41, 5.74) is 6.58. The number of benzene rings is 1. The lowest BCUT2D eigenvalue weighted by Crippen LogP contribution is -2.27. The van der Waals surface area contributed by atoms with Crippen molar-refractivity contribution in [1.29, 1.82) is 0 Å². The minimum Gasteiger partial charge on any atom is -0.494 e. The molecule has 1 aliphatic heterocycles. The quantitative estimate of drug-likeness (QED) is 0.789. The monoisotopic (exact) mass is 284 g/mol. The van der Waals surface area contributed by atoms with Gasteiger partial charge < -0.3 is 10.5 Å². The fourth-order valence-corrected chi connectivity index (χ4v) is 3.66. The molecule has 1 heterocycles. The first kappa shape index (κ1) is 14.3. The van der Waals surface area contributed by atoms with Gasteiger partial charge in [0.25, 0.3) is 0 Å². The summed E-state index contributed by atoms with van der Waals surface area (Å²) in [6.07, 6.45) is 1.45. The van der Waals surface area contributed by atoms with Gasteiger partial charge in [-0.15, -0.1) is 0 Å². The highest BCUT2D eigenvalue weighted by molar-refractivity contribution is 7.89. The average molecular weight is 284 g/mol. The fraction of sp³-hybridized carbons (Fsp3) is 0.538. The highest BCUT2D eigenvalue weighted by Crippen LogP contribution is 2.15. The van der Waals surface area contributed by atoms with Crippen molar-refractivity contribution in [2.75, 3.05) is 25.4 Å². The summed E-state index contributed by atoms with van der Waals surface area (Å²) in [7, 11) is -2.98. The molecule has 1 aliphatic rings. The summed E-state index contributed by atoms with van der Waals surface area (Å²) in [6, 6.07) is 7.63. The van der Waals surface area contributed by atoms with Gasteiger partial charge in [-0.2, -0.15) is 0 Å². The zero-order chi connectivity index (χ0) is 13.7. The Morgan fingerprint density at radius 2 is 2.00 bits per heavy atom. The van der Waals surface area contributed by atoms with Crippen LogP contribution in [-0.2, 0) is 16.6 Å². The Bertz CT molecular complexity index is 499. The minimum absolute atomic E-state index is 0.286. The molecule has 2 N–H and O–H groups in total. The van der Waals surface area contributed by atoms with Gasteiger partial charge in [-0.05, 0) is 30.5 Å². The summed E-state index contributed by atoms with van der Waals surface area (Å²) >= 11 is 0. The van der Waals surface area contributed by atoms with Gasteiger partial charge in [0, 0.05) is 19.6 Å². The topological polar surface area (TPSA) is 72.6 Å². The zero-order valence-electron chi connectivity index (χ0n) is 10.9. The summed E-state index contributed by atoms with van der Waals surface area (Å²) in [6.45, 7) is 2.23. The summed E-state index contributed by atoms with van der Waals surface area (Å²) in [4.78, 5) is 0. The number of sulfonamides is 1. The first-order chi connectivity index (χ1) is 9.12. The normalized spacial score (nSPS) is 18.6. The minimum atomic E-state index is -2.98. The van der Waals surface area contributed by atoms with E-state index in [1.165, 1.54) is 0 Å². The summed E-state index contributed by atoms with van der Waals surface area (Å²) < 4.78 is 30.3. The van der Waals surface area contributed by atoms with Gasteiger partial charge in [-0.25, -0.2) is 12.7 Å². The molecule has 1 aromatic rings. The predicted octanol–water partition coefficient (Wildman–Crippen LogP) is 0.950. The highest BCUT2D eigenvalue weighted by Gasteiger charge is 2.27. The molecule has 6 heteroatoms. The van der Waals surface area contributed by atoms with Crippen LogP contribution in [0.15, 0.2) is 24.3 Å². The first-order valence-electron chi connectivity index (χ1n) is 6.51. The molecule has 2 rings (SSSR count). The van der Waals surface area contributed by atoms with Gasteiger partial charge in [-0.3, -0.25) is 0 Å². The molecule has 0 spiro atoms. The molecule has 0 amide bonds. The predicted molar refractivity (Wildman–Crippen MR) is 74.4 cm³/mol. The second kappa shape index (κ2) is 6.36. The molecule has 1 fully saturated rings. The lowest BCUT2D eigenvalue weighted by Gasteiger charge is -2.14. The van der Waals surface area contributed by atoms with Gasteiger partial charge in [0.05, 0.1) is 12.4 Å². The van der Waals surface area contributed by atoms with E-state index in [1.54, 1.807) is 4.31 Å². The average Bonchev–Trinajstić information content (AvgIpc) is 2.74. The summed E-state index contributed by atoms with van der Waals surface area (Å²) in [5, 5.41) is 0. The molecule has 1 saturated heterocycles. The van der Waals surface area contributed by atoms with Gasteiger partial charge in [0.1, 0.15) is 5.75 Å². The van der Waals surface area contributed by atoms with Crippen molar-refractivity contribution in [3.63, 3.8) is 0 Å². The molecular formula is C13H20N2O3S. The maximum absolute atomic E-state index is 11.6. The Morgan fingerprint density at radius 3 is 2.58 bits per heavy atom. The third-order valence-electron chi connectivity index (χ3n) is 3.18. The Hall–Kier alpha value is -1.11. The number of rotatable bonds is 6. The van der Waals surface area contributed by atoms with E-state index in [2.05, 4.69) is 0 Å². The highest BCUT2D eigenvalue weighted by atomic mass is 32.2. The van der Waals surface area contributed by atoms with E-state index in [-0.39, 0.29) is 5.75 Å². The van der Waals surface area contributed by atoms with E-state index in [0.29, 0.717) is 32.7 Å². The third-order valence-corrected chi connectivity index (χ3v) is 5.14. The number of hydrogen-bond acceptors (Lipinski definition) is 4. The van der Waals surface area contributed by atoms with E-state index in [9.17, 15) is 8.42 Å². The van der Waals surface area contributed by atoms with Gasteiger partial charge in [0.15, 0.2) is 0 Å². The van der Waals surface area contributed by atoms with Crippen LogP contribution >= 0.6 is 0 Å². The first-order valence-corrected chi connectivity index (χ1v) is 8.12. The van der Waals surface area contributed by atoms with Crippen molar-refractivity contribution >= 4 is 10.0 Å². The molecule has 0 bridgehead atoms. The molecule has 0 aliphatic carbocycles. The largest absolute Gasteiger partial charge is 0.494 e. The van der Waals surface area contributed by atoms with E-state index >= 15 is 0 Å². The van der Waals surface area contributed by atoms with Crippen LogP contribution in [0.25, 0.3) is 0 Å². The van der Waals surface area contributed by atoms with Crippen molar-refractivity contribution < 1.29 is 13.2 Å². The van der Waals surface area contributed by atoms with Crippen LogP contribution < -0.4 is 10.5 Å². The molecule has 0 atom stereocenters. The van der Waals surface area contributed by atoms with Crippen LogP contribution in [0.2, 0.25) is 0 Å². The Kier molecular flexibility index (Phi) is 4.79. The number of hydrogen-bond donors (Lipinski definition) is 1. The number of nitrogens with two attached hydrogens (primary N) is 1. The van der Waals surface area contributed by atoms with Crippen LogP contribution in [-0.4, -0.2) is 38.2 Å². The zero-order valence-corrected chi connectivity index (χ0v) is 11.7. The maximum Gasteiger partial charge on any atom is 0.214 e. The van der Waals surface area contributed by atoms with E-state index < -0.39 is 10.0 Å². The maximum atomic E-state index is 11.6. The van der Waals surface area contributed by atoms with Crippen molar-refractivity contribution in [2.24, 2.45) is 5.73 Å². The third kappa shape index (κ3) is 3.92. The molecule has 19 heavy (non-hydrogen) atoms. The smallest absolute Gasteiger partial charge is 0.214 e. The van der Waals surface area contributed by atoms with Crippen molar-refractivity contribution in [2.45, 2.75) is 19.4 Å². The SMILES string of the molecule is NCc1ccc(OCCCN2CCCS2(=O)=O)cc1. The van der Waals surface area contributed by atoms with Crippen LogP contribution in [0, 0.1) is 0 Å². The molecule has 0 saturated carbocycles. The Labute approximate surface area is 114 Å². The Morgan fingerprint density at radius 1 is 1.26 bits per heavy atom. The molecule has 0 aromatic heterocycles. The van der Waals surface area contributed by atoms with Crippen molar-refractivity contribution in [3.05, 3.63) is 29.8 Å². The second-order valence-corrected chi connectivity index (χ2v) is 6.71. The van der Waals surface area contributed by atoms with Crippen LogP contribution in [0.5, 0.6) is 5.75 Å².